The molecule has 0 spiro atoms. The van der Waals surface area contributed by atoms with Crippen LogP contribution in [0.5, 0.6) is 0 Å². The number of hydrogen-bond donors (Lipinski definition) is 1. The molecule has 1 N–H and O–H groups in total. The van der Waals surface area contributed by atoms with Crippen molar-refractivity contribution in [2.75, 3.05) is 6.54 Å². The van der Waals surface area contributed by atoms with Crippen LogP contribution in [-0.4, -0.2) is 44.6 Å². The quantitative estimate of drug-likeness (QED) is 0.728. The molecule has 0 aromatic rings. The monoisotopic (exact) mass is 259 g/mol. The van der Waals surface area contributed by atoms with Crippen LogP contribution in [0.3, 0.4) is 0 Å². The summed E-state index contributed by atoms with van der Waals surface area (Å²) in [5, 5.41) is 9.22. The van der Waals surface area contributed by atoms with Crippen LogP contribution in [0.1, 0.15) is 34.1 Å². The van der Waals surface area contributed by atoms with Crippen LogP contribution in [-0.2, 0) is 9.53 Å². The van der Waals surface area contributed by atoms with Crippen molar-refractivity contribution < 1.29 is 19.4 Å². The molecular weight excluding hydrogens is 242 g/mol. The van der Waals surface area contributed by atoms with E-state index >= 15 is 0 Å². The van der Waals surface area contributed by atoms with Crippen molar-refractivity contribution in [3.63, 3.8) is 0 Å². The first kappa shape index (κ1) is 13.9. The first-order chi connectivity index (χ1) is 7.59. The van der Waals surface area contributed by atoms with Gasteiger partial charge in [-0.1, -0.05) is 12.2 Å². The SMILES string of the molecule is CC(C)(C)OC(=O)N1CCC(=S)[C@@]1(C)C(=O)O. The van der Waals surface area contributed by atoms with E-state index < -0.39 is 23.2 Å². The van der Waals surface area contributed by atoms with Crippen LogP contribution in [0, 0.1) is 0 Å². The van der Waals surface area contributed by atoms with Crippen LogP contribution in [0.4, 0.5) is 4.79 Å². The average Bonchev–Trinajstić information content (AvgIpc) is 2.42. The van der Waals surface area contributed by atoms with E-state index in [1.54, 1.807) is 20.8 Å². The lowest BCUT2D eigenvalue weighted by Gasteiger charge is -2.32. The van der Waals surface area contributed by atoms with E-state index in [2.05, 4.69) is 0 Å². The molecule has 96 valence electrons. The topological polar surface area (TPSA) is 66.8 Å². The van der Waals surface area contributed by atoms with Crippen molar-refractivity contribution in [2.45, 2.75) is 45.3 Å². The lowest BCUT2D eigenvalue weighted by molar-refractivity contribution is -0.144. The van der Waals surface area contributed by atoms with Crippen LogP contribution < -0.4 is 0 Å². The number of carboxylic acid groups (broad SMARTS) is 1. The van der Waals surface area contributed by atoms with Gasteiger partial charge in [0.2, 0.25) is 0 Å². The summed E-state index contributed by atoms with van der Waals surface area (Å²) in [6, 6.07) is 0. The second kappa shape index (κ2) is 4.25. The van der Waals surface area contributed by atoms with Gasteiger partial charge in [0.05, 0.1) is 0 Å². The molecule has 1 amide bonds. The van der Waals surface area contributed by atoms with Gasteiger partial charge in [-0.2, -0.15) is 0 Å². The minimum Gasteiger partial charge on any atom is -0.479 e. The van der Waals surface area contributed by atoms with Gasteiger partial charge in [-0.3, -0.25) is 4.90 Å². The highest BCUT2D eigenvalue weighted by Gasteiger charge is 2.51. The third kappa shape index (κ3) is 2.57. The number of carboxylic acids is 1. The Kier molecular flexibility index (Phi) is 3.47. The van der Waals surface area contributed by atoms with E-state index in [-0.39, 0.29) is 6.54 Å². The Morgan fingerprint density at radius 3 is 2.41 bits per heavy atom. The average molecular weight is 259 g/mol. The number of thiocarbonyl (C=S) groups is 1. The number of rotatable bonds is 1. The summed E-state index contributed by atoms with van der Waals surface area (Å²) in [6.07, 6.45) is -0.223. The second-order valence-corrected chi connectivity index (χ2v) is 5.68. The summed E-state index contributed by atoms with van der Waals surface area (Å²) in [7, 11) is 0. The number of nitrogens with zero attached hydrogens (tertiary/aromatic N) is 1. The summed E-state index contributed by atoms with van der Waals surface area (Å²) in [6.45, 7) is 6.93. The van der Waals surface area contributed by atoms with Crippen molar-refractivity contribution in [1.82, 2.24) is 4.90 Å². The first-order valence-corrected chi connectivity index (χ1v) is 5.77. The molecule has 0 aromatic heterocycles. The molecule has 6 heteroatoms. The third-order valence-corrected chi connectivity index (χ3v) is 3.28. The fourth-order valence-corrected chi connectivity index (χ4v) is 1.95. The Labute approximate surface area is 106 Å². The fraction of sp³-hybridized carbons (Fsp3) is 0.727. The van der Waals surface area contributed by atoms with Crippen molar-refractivity contribution in [1.29, 1.82) is 0 Å². The molecule has 0 bridgehead atoms. The van der Waals surface area contributed by atoms with E-state index in [0.717, 1.165) is 0 Å². The lowest BCUT2D eigenvalue weighted by Crippen LogP contribution is -2.55. The van der Waals surface area contributed by atoms with Crippen LogP contribution in [0.15, 0.2) is 0 Å². The van der Waals surface area contributed by atoms with Gasteiger partial charge >= 0.3 is 12.1 Å². The second-order valence-electron chi connectivity index (χ2n) is 5.18. The molecule has 1 atom stereocenters. The molecule has 1 fully saturated rings. The highest BCUT2D eigenvalue weighted by Crippen LogP contribution is 2.29. The van der Waals surface area contributed by atoms with E-state index in [4.69, 9.17) is 17.0 Å². The standard InChI is InChI=1S/C11H17NO4S/c1-10(2,3)16-9(15)12-6-5-7(17)11(12,4)8(13)14/h5-6H2,1-4H3,(H,13,14)/t11-/m0/s1. The van der Waals surface area contributed by atoms with E-state index in [9.17, 15) is 14.7 Å². The van der Waals surface area contributed by atoms with Crippen LogP contribution >= 0.6 is 12.2 Å². The molecule has 1 saturated heterocycles. The van der Waals surface area contributed by atoms with Crippen molar-refractivity contribution in [3.05, 3.63) is 0 Å². The Bertz CT molecular complexity index is 374. The van der Waals surface area contributed by atoms with Crippen LogP contribution in [0.25, 0.3) is 0 Å². The van der Waals surface area contributed by atoms with Crippen molar-refractivity contribution in [3.8, 4) is 0 Å². The highest BCUT2D eigenvalue weighted by atomic mass is 32.1. The molecule has 1 aliphatic heterocycles. The summed E-state index contributed by atoms with van der Waals surface area (Å²) in [4.78, 5) is 24.7. The number of likely N-dealkylation sites (tertiary alicyclic amines) is 1. The Morgan fingerprint density at radius 1 is 1.47 bits per heavy atom. The van der Waals surface area contributed by atoms with Gasteiger partial charge in [0.25, 0.3) is 0 Å². The summed E-state index contributed by atoms with van der Waals surface area (Å²) >= 11 is 5.04. The molecule has 0 aromatic carbocycles. The maximum Gasteiger partial charge on any atom is 0.411 e. The molecule has 0 saturated carbocycles. The molecule has 1 heterocycles. The van der Waals surface area contributed by atoms with Gasteiger partial charge in [-0.15, -0.1) is 0 Å². The smallest absolute Gasteiger partial charge is 0.411 e. The highest BCUT2D eigenvalue weighted by molar-refractivity contribution is 7.80. The van der Waals surface area contributed by atoms with Gasteiger partial charge in [0.15, 0.2) is 5.54 Å². The molecular formula is C11H17NO4S. The normalized spacial score (nSPS) is 24.9. The van der Waals surface area contributed by atoms with Gasteiger partial charge in [-0.05, 0) is 34.1 Å². The molecule has 0 aliphatic carbocycles. The minimum absolute atomic E-state index is 0.288. The zero-order valence-electron chi connectivity index (χ0n) is 10.4. The molecule has 1 rings (SSSR count). The zero-order chi connectivity index (χ0) is 13.4. The fourth-order valence-electron chi connectivity index (χ4n) is 1.66. The largest absolute Gasteiger partial charge is 0.479 e. The maximum absolute atomic E-state index is 11.9. The summed E-state index contributed by atoms with van der Waals surface area (Å²) in [5.41, 5.74) is -2.08. The molecule has 1 aliphatic rings. The maximum atomic E-state index is 11.9. The lowest BCUT2D eigenvalue weighted by atomic mass is 9.99. The van der Waals surface area contributed by atoms with Gasteiger partial charge in [0, 0.05) is 11.4 Å². The van der Waals surface area contributed by atoms with E-state index in [1.807, 2.05) is 0 Å². The molecule has 5 nitrogen and oxygen atoms in total. The van der Waals surface area contributed by atoms with E-state index in [1.165, 1.54) is 11.8 Å². The number of hydrogen-bond acceptors (Lipinski definition) is 4. The number of carbonyl (C=O) groups excluding carboxylic acids is 1. The molecule has 0 radical (unpaired) electrons. The Balaban J connectivity index is 2.95. The molecule has 0 unspecified atom stereocenters. The van der Waals surface area contributed by atoms with Gasteiger partial charge in [-0.25, -0.2) is 9.59 Å². The number of carbonyl (C=O) groups is 2. The van der Waals surface area contributed by atoms with Crippen molar-refractivity contribution in [2.24, 2.45) is 0 Å². The number of amides is 1. The first-order valence-electron chi connectivity index (χ1n) is 5.36. The van der Waals surface area contributed by atoms with Crippen LogP contribution in [0.2, 0.25) is 0 Å². The predicted molar refractivity (Wildman–Crippen MR) is 66.2 cm³/mol. The Morgan fingerprint density at radius 2 is 2.00 bits per heavy atom. The summed E-state index contributed by atoms with van der Waals surface area (Å²) < 4.78 is 5.18. The predicted octanol–water partition coefficient (Wildman–Crippen LogP) is 1.84. The number of aliphatic carboxylic acids is 1. The minimum atomic E-state index is -1.43. The Hall–Kier alpha value is -1.17. The molecule has 17 heavy (non-hydrogen) atoms. The van der Waals surface area contributed by atoms with Crippen molar-refractivity contribution >= 4 is 29.1 Å². The van der Waals surface area contributed by atoms with Gasteiger partial charge < -0.3 is 9.84 Å². The summed E-state index contributed by atoms with van der Waals surface area (Å²) in [5.74, 6) is -1.12. The van der Waals surface area contributed by atoms with Gasteiger partial charge in [0.1, 0.15) is 5.60 Å². The number of ether oxygens (including phenoxy) is 1. The third-order valence-electron chi connectivity index (χ3n) is 2.68. The zero-order valence-corrected chi connectivity index (χ0v) is 11.3. The van der Waals surface area contributed by atoms with E-state index in [0.29, 0.717) is 11.3 Å².